The van der Waals surface area contributed by atoms with Crippen molar-refractivity contribution in [3.8, 4) is 5.75 Å². The second kappa shape index (κ2) is 7.50. The van der Waals surface area contributed by atoms with E-state index in [0.717, 1.165) is 30.6 Å². The van der Waals surface area contributed by atoms with Crippen molar-refractivity contribution in [2.75, 3.05) is 26.8 Å². The molecule has 4 rings (SSSR count). The van der Waals surface area contributed by atoms with E-state index in [-0.39, 0.29) is 23.8 Å². The lowest BCUT2D eigenvalue weighted by atomic mass is 9.82. The van der Waals surface area contributed by atoms with Crippen LogP contribution in [0.5, 0.6) is 5.75 Å². The Morgan fingerprint density at radius 2 is 2.00 bits per heavy atom. The van der Waals surface area contributed by atoms with Gasteiger partial charge in [0.1, 0.15) is 11.4 Å². The van der Waals surface area contributed by atoms with Crippen LogP contribution < -0.4 is 10.1 Å². The van der Waals surface area contributed by atoms with Gasteiger partial charge in [-0.15, -0.1) is 0 Å². The van der Waals surface area contributed by atoms with Crippen molar-refractivity contribution >= 4 is 11.8 Å². The number of rotatable bonds is 2. The van der Waals surface area contributed by atoms with Gasteiger partial charge in [-0.2, -0.15) is 0 Å². The van der Waals surface area contributed by atoms with Gasteiger partial charge in [0.25, 0.3) is 0 Å². The Labute approximate surface area is 160 Å². The minimum atomic E-state index is -0.400. The van der Waals surface area contributed by atoms with E-state index in [4.69, 9.17) is 9.47 Å². The highest BCUT2D eigenvalue weighted by atomic mass is 16.5. The Hall–Kier alpha value is -2.08. The Morgan fingerprint density at radius 3 is 2.81 bits per heavy atom. The molecule has 3 aliphatic heterocycles. The van der Waals surface area contributed by atoms with E-state index in [9.17, 15) is 9.59 Å². The van der Waals surface area contributed by atoms with Crippen LogP contribution in [0.2, 0.25) is 0 Å². The van der Waals surface area contributed by atoms with Crippen molar-refractivity contribution in [1.82, 2.24) is 10.2 Å². The normalized spacial score (nSPS) is 29.0. The first kappa shape index (κ1) is 18.3. The zero-order valence-corrected chi connectivity index (χ0v) is 15.9. The van der Waals surface area contributed by atoms with Crippen LogP contribution in [0.15, 0.2) is 24.3 Å². The molecule has 2 atom stereocenters. The van der Waals surface area contributed by atoms with Gasteiger partial charge in [0.05, 0.1) is 6.04 Å². The fourth-order valence-electron chi connectivity index (χ4n) is 4.45. The van der Waals surface area contributed by atoms with Crippen LogP contribution in [0, 0.1) is 5.92 Å². The summed E-state index contributed by atoms with van der Waals surface area (Å²) in [6, 6.07) is 7.87. The number of hydrogen-bond donors (Lipinski definition) is 1. The lowest BCUT2D eigenvalue weighted by molar-refractivity contribution is -0.130. The van der Waals surface area contributed by atoms with Crippen LogP contribution >= 0.6 is 0 Å². The molecule has 1 spiro atoms. The molecule has 27 heavy (non-hydrogen) atoms. The second-order valence-corrected chi connectivity index (χ2v) is 8.04. The fraction of sp³-hybridized carbons (Fsp3) is 0.619. The molecule has 0 bridgehead atoms. The smallest absolute Gasteiger partial charge is 0.223 e. The topological polar surface area (TPSA) is 67.9 Å². The number of para-hydroxylation sites is 1. The van der Waals surface area contributed by atoms with Gasteiger partial charge < -0.3 is 19.7 Å². The Morgan fingerprint density at radius 1 is 1.22 bits per heavy atom. The van der Waals surface area contributed by atoms with E-state index in [1.165, 1.54) is 0 Å². The van der Waals surface area contributed by atoms with Gasteiger partial charge >= 0.3 is 0 Å². The number of fused-ring (bicyclic) bond motifs is 1. The third-order valence-electron chi connectivity index (χ3n) is 6.23. The number of likely N-dealkylation sites (tertiary alicyclic amines) is 1. The van der Waals surface area contributed by atoms with Gasteiger partial charge in [-0.3, -0.25) is 9.59 Å². The molecular weight excluding hydrogens is 344 g/mol. The van der Waals surface area contributed by atoms with Crippen LogP contribution in [0.25, 0.3) is 0 Å². The molecular formula is C21H28N2O4. The summed E-state index contributed by atoms with van der Waals surface area (Å²) in [4.78, 5) is 26.8. The summed E-state index contributed by atoms with van der Waals surface area (Å²) in [6.07, 6.45) is 4.23. The summed E-state index contributed by atoms with van der Waals surface area (Å²) in [5, 5.41) is 3.29. The predicted octanol–water partition coefficient (Wildman–Crippen LogP) is 2.43. The molecule has 1 aromatic carbocycles. The summed E-state index contributed by atoms with van der Waals surface area (Å²) in [5.74, 6) is 1.12. The molecule has 3 heterocycles. The van der Waals surface area contributed by atoms with Crippen molar-refractivity contribution in [3.63, 3.8) is 0 Å². The third-order valence-corrected chi connectivity index (χ3v) is 6.23. The molecule has 0 unspecified atom stereocenters. The number of benzene rings is 1. The maximum atomic E-state index is 12.8. The van der Waals surface area contributed by atoms with Gasteiger partial charge in [0, 0.05) is 57.6 Å². The molecule has 1 N–H and O–H groups in total. The molecule has 0 aromatic heterocycles. The van der Waals surface area contributed by atoms with Crippen LogP contribution in [0.4, 0.5) is 0 Å². The molecule has 0 radical (unpaired) electrons. The summed E-state index contributed by atoms with van der Waals surface area (Å²) in [6.45, 7) is 1.99. The van der Waals surface area contributed by atoms with Gasteiger partial charge in [-0.05, 0) is 25.3 Å². The molecule has 2 fully saturated rings. The van der Waals surface area contributed by atoms with E-state index >= 15 is 0 Å². The Balaban J connectivity index is 1.56. The van der Waals surface area contributed by atoms with E-state index < -0.39 is 5.60 Å². The van der Waals surface area contributed by atoms with E-state index in [2.05, 4.69) is 5.32 Å². The molecule has 3 aliphatic rings. The molecule has 6 nitrogen and oxygen atoms in total. The van der Waals surface area contributed by atoms with Crippen molar-refractivity contribution < 1.29 is 19.1 Å². The molecule has 146 valence electrons. The SMILES string of the molecule is CN1CC[C@@]2(CCC1=O)C[C@H](NC(=O)C1CCOCC1)c1ccccc1O2. The minimum Gasteiger partial charge on any atom is -0.487 e. The lowest BCUT2D eigenvalue weighted by Crippen LogP contribution is -2.47. The molecule has 0 aliphatic carbocycles. The zero-order valence-electron chi connectivity index (χ0n) is 15.9. The highest BCUT2D eigenvalue weighted by molar-refractivity contribution is 5.79. The fourth-order valence-corrected chi connectivity index (χ4v) is 4.45. The molecule has 2 amide bonds. The van der Waals surface area contributed by atoms with Gasteiger partial charge in [-0.25, -0.2) is 0 Å². The first-order chi connectivity index (χ1) is 13.1. The number of ether oxygens (including phenoxy) is 2. The monoisotopic (exact) mass is 372 g/mol. The number of carbonyl (C=O) groups excluding carboxylic acids is 2. The maximum absolute atomic E-state index is 12.8. The first-order valence-electron chi connectivity index (χ1n) is 9.96. The number of carbonyl (C=O) groups is 2. The van der Waals surface area contributed by atoms with Gasteiger partial charge in [0.2, 0.25) is 11.8 Å². The first-order valence-corrected chi connectivity index (χ1v) is 9.96. The Kier molecular flexibility index (Phi) is 5.08. The zero-order chi connectivity index (χ0) is 18.9. The van der Waals surface area contributed by atoms with Crippen molar-refractivity contribution in [1.29, 1.82) is 0 Å². The summed E-state index contributed by atoms with van der Waals surface area (Å²) >= 11 is 0. The van der Waals surface area contributed by atoms with Crippen LogP contribution in [0.3, 0.4) is 0 Å². The highest BCUT2D eigenvalue weighted by Gasteiger charge is 2.43. The van der Waals surface area contributed by atoms with Crippen molar-refractivity contribution in [2.45, 2.75) is 50.2 Å². The predicted molar refractivity (Wildman–Crippen MR) is 100 cm³/mol. The van der Waals surface area contributed by atoms with Crippen LogP contribution in [-0.4, -0.2) is 49.1 Å². The largest absolute Gasteiger partial charge is 0.487 e. The Bertz CT molecular complexity index is 716. The second-order valence-electron chi connectivity index (χ2n) is 8.04. The molecule has 6 heteroatoms. The highest BCUT2D eigenvalue weighted by Crippen LogP contribution is 2.44. The van der Waals surface area contributed by atoms with Gasteiger partial charge in [-0.1, -0.05) is 18.2 Å². The third kappa shape index (κ3) is 3.81. The van der Waals surface area contributed by atoms with E-state index in [1.54, 1.807) is 4.90 Å². The molecule has 0 saturated carbocycles. The van der Waals surface area contributed by atoms with Crippen molar-refractivity contribution in [3.05, 3.63) is 29.8 Å². The standard InChI is InChI=1S/C21H28N2O4/c1-23-11-10-21(9-6-19(23)24)14-17(16-4-2-3-5-18(16)27-21)22-20(25)15-7-12-26-13-8-15/h2-5,15,17H,6-14H2,1H3,(H,22,25)/t17-,21-/m0/s1. The lowest BCUT2D eigenvalue weighted by Gasteiger charge is -2.42. The molecule has 1 aromatic rings. The number of amides is 2. The van der Waals surface area contributed by atoms with Crippen LogP contribution in [0.1, 0.15) is 50.1 Å². The summed E-state index contributed by atoms with van der Waals surface area (Å²) < 4.78 is 11.8. The number of nitrogens with one attached hydrogen (secondary N) is 1. The van der Waals surface area contributed by atoms with Crippen LogP contribution in [-0.2, 0) is 14.3 Å². The maximum Gasteiger partial charge on any atom is 0.223 e. The summed E-state index contributed by atoms with van der Waals surface area (Å²) in [5.41, 5.74) is 0.634. The number of nitrogens with zero attached hydrogens (tertiary/aromatic N) is 1. The average Bonchev–Trinajstić information content (AvgIpc) is 2.83. The quantitative estimate of drug-likeness (QED) is 0.866. The van der Waals surface area contributed by atoms with Gasteiger partial charge in [0.15, 0.2) is 0 Å². The van der Waals surface area contributed by atoms with E-state index in [0.29, 0.717) is 39.0 Å². The summed E-state index contributed by atoms with van der Waals surface area (Å²) in [7, 11) is 1.85. The average molecular weight is 372 g/mol. The molecule has 2 saturated heterocycles. The minimum absolute atomic E-state index is 0.0200. The van der Waals surface area contributed by atoms with E-state index in [1.807, 2.05) is 31.3 Å². The number of hydrogen-bond acceptors (Lipinski definition) is 4. The van der Waals surface area contributed by atoms with Crippen molar-refractivity contribution in [2.24, 2.45) is 5.92 Å².